The Labute approximate surface area is 537 Å². The van der Waals surface area contributed by atoms with Crippen LogP contribution in [0.15, 0.2) is 312 Å². The Balaban J connectivity index is 0.650. The average Bonchev–Trinajstić information content (AvgIpc) is 1.58. The molecule has 438 valence electrons. The lowest BCUT2D eigenvalue weighted by atomic mass is 9.95. The second-order valence-corrected chi connectivity index (χ2v) is 23.8. The Kier molecular flexibility index (Phi) is 12.0. The Morgan fingerprint density at radius 3 is 0.894 bits per heavy atom. The number of aromatic nitrogens is 8. The number of fused-ring (bicyclic) bond motifs is 12. The Morgan fingerprint density at radius 2 is 0.479 bits per heavy atom. The number of furan rings is 2. The van der Waals surface area contributed by atoms with Crippen molar-refractivity contribution in [2.24, 2.45) is 0 Å². The van der Waals surface area contributed by atoms with Crippen molar-refractivity contribution < 1.29 is 8.83 Å². The van der Waals surface area contributed by atoms with E-state index in [2.05, 4.69) is 252 Å². The smallest absolute Gasteiger partial charge is 0.238 e. The Bertz CT molecular complexity index is 6210. The van der Waals surface area contributed by atoms with Crippen molar-refractivity contribution in [1.29, 1.82) is 0 Å². The van der Waals surface area contributed by atoms with Crippen molar-refractivity contribution in [2.75, 3.05) is 0 Å². The highest BCUT2D eigenvalue weighted by Gasteiger charge is 2.23. The molecule has 6 heterocycles. The van der Waals surface area contributed by atoms with E-state index in [-0.39, 0.29) is 0 Å². The lowest BCUT2D eigenvalue weighted by Gasteiger charge is -2.12. The topological polar surface area (TPSA) is 113 Å². The number of benzene rings is 13. The fraction of sp³-hybridized carbons (Fsp3) is 0. The van der Waals surface area contributed by atoms with E-state index in [9.17, 15) is 0 Å². The van der Waals surface area contributed by atoms with Crippen molar-refractivity contribution in [2.45, 2.75) is 0 Å². The van der Waals surface area contributed by atoms with Crippen LogP contribution in [-0.4, -0.2) is 39.0 Å². The van der Waals surface area contributed by atoms with Gasteiger partial charge in [0.25, 0.3) is 0 Å². The number of para-hydroxylation sites is 4. The van der Waals surface area contributed by atoms with Gasteiger partial charge >= 0.3 is 0 Å². The van der Waals surface area contributed by atoms with Crippen LogP contribution in [0.1, 0.15) is 0 Å². The largest absolute Gasteiger partial charge is 0.456 e. The SMILES string of the molecule is c1ccc(-c2ccc(-c3nc(-c4ccc(-c5cccc(-c6cccc(-c7ccc(-c8nc(-c9ccccc9)nc(-n9c%10ccccc%10c%10cc%11c(cc%109)oc9ccccc9%11)n8)cc7)c6)c5)cc4)nc(-n4c5ccccc5c5cc6c(cc54)oc4ccccc46)n3)cc2)cc1. The summed E-state index contributed by atoms with van der Waals surface area (Å²) in [7, 11) is 0. The van der Waals surface area contributed by atoms with Gasteiger partial charge in [-0.25, -0.2) is 9.97 Å². The molecule has 0 bridgehead atoms. The Morgan fingerprint density at radius 1 is 0.181 bits per heavy atom. The van der Waals surface area contributed by atoms with Crippen LogP contribution in [0.3, 0.4) is 0 Å². The van der Waals surface area contributed by atoms with Crippen molar-refractivity contribution in [3.05, 3.63) is 303 Å². The Hall–Kier alpha value is -12.9. The molecule has 0 aliphatic carbocycles. The summed E-state index contributed by atoms with van der Waals surface area (Å²) in [6, 6.07) is 105. The minimum atomic E-state index is 0.514. The first-order valence-corrected chi connectivity index (χ1v) is 31.4. The highest BCUT2D eigenvalue weighted by atomic mass is 16.3. The van der Waals surface area contributed by atoms with Gasteiger partial charge in [0.2, 0.25) is 11.9 Å². The molecule has 0 atom stereocenters. The second-order valence-electron chi connectivity index (χ2n) is 23.8. The number of rotatable bonds is 10. The van der Waals surface area contributed by atoms with Gasteiger partial charge in [-0.1, -0.05) is 243 Å². The summed E-state index contributed by atoms with van der Waals surface area (Å²) in [6.45, 7) is 0. The van der Waals surface area contributed by atoms with E-state index in [1.54, 1.807) is 0 Å². The number of hydrogen-bond donors (Lipinski definition) is 0. The molecule has 0 fully saturated rings. The molecule has 94 heavy (non-hydrogen) atoms. The van der Waals surface area contributed by atoms with E-state index in [0.29, 0.717) is 35.2 Å². The van der Waals surface area contributed by atoms with Crippen molar-refractivity contribution >= 4 is 87.5 Å². The van der Waals surface area contributed by atoms with Gasteiger partial charge in [-0.3, -0.25) is 9.13 Å². The zero-order valence-corrected chi connectivity index (χ0v) is 50.3. The van der Waals surface area contributed by atoms with Crippen LogP contribution in [0.2, 0.25) is 0 Å². The molecular formula is C84H50N8O2. The van der Waals surface area contributed by atoms with Crippen molar-refractivity contribution in [3.8, 4) is 102 Å². The zero-order valence-electron chi connectivity index (χ0n) is 50.3. The molecule has 10 heteroatoms. The van der Waals surface area contributed by atoms with Gasteiger partial charge in [0.1, 0.15) is 22.3 Å². The molecule has 13 aromatic carbocycles. The van der Waals surface area contributed by atoms with E-state index in [4.69, 9.17) is 38.7 Å². The predicted molar refractivity (Wildman–Crippen MR) is 380 cm³/mol. The molecule has 19 rings (SSSR count). The first-order valence-electron chi connectivity index (χ1n) is 31.4. The van der Waals surface area contributed by atoms with Crippen molar-refractivity contribution in [1.82, 2.24) is 39.0 Å². The summed E-state index contributed by atoms with van der Waals surface area (Å²) in [6.07, 6.45) is 0. The van der Waals surface area contributed by atoms with Gasteiger partial charge in [-0.2, -0.15) is 19.9 Å². The summed E-state index contributed by atoms with van der Waals surface area (Å²) >= 11 is 0. The van der Waals surface area contributed by atoms with Gasteiger partial charge in [0, 0.05) is 77.5 Å². The van der Waals surface area contributed by atoms with Crippen molar-refractivity contribution in [3.63, 3.8) is 0 Å². The third-order valence-corrected chi connectivity index (χ3v) is 18.3. The minimum Gasteiger partial charge on any atom is -0.456 e. The maximum absolute atomic E-state index is 6.48. The highest BCUT2D eigenvalue weighted by molar-refractivity contribution is 6.19. The third kappa shape index (κ3) is 8.87. The molecule has 19 aromatic rings. The van der Waals surface area contributed by atoms with Crippen LogP contribution >= 0.6 is 0 Å². The van der Waals surface area contributed by atoms with Crippen LogP contribution in [0, 0.1) is 0 Å². The molecule has 0 N–H and O–H groups in total. The molecule has 0 saturated carbocycles. The lowest BCUT2D eigenvalue weighted by molar-refractivity contribution is 0.669. The number of hydrogen-bond acceptors (Lipinski definition) is 8. The molecule has 10 nitrogen and oxygen atoms in total. The molecule has 0 unspecified atom stereocenters. The summed E-state index contributed by atoms with van der Waals surface area (Å²) in [5.74, 6) is 3.33. The van der Waals surface area contributed by atoms with Gasteiger partial charge in [-0.05, 0) is 93.0 Å². The van der Waals surface area contributed by atoms with Gasteiger partial charge in [-0.15, -0.1) is 0 Å². The number of nitrogens with zero attached hydrogens (tertiary/aromatic N) is 8. The monoisotopic (exact) mass is 1200 g/mol. The third-order valence-electron chi connectivity index (χ3n) is 18.3. The van der Waals surface area contributed by atoms with Crippen LogP contribution in [-0.2, 0) is 0 Å². The molecule has 0 amide bonds. The highest BCUT2D eigenvalue weighted by Crippen LogP contribution is 2.42. The molecular weight excluding hydrogens is 1150 g/mol. The van der Waals surface area contributed by atoms with Gasteiger partial charge < -0.3 is 8.83 Å². The maximum atomic E-state index is 6.48. The molecule has 0 aliphatic rings. The standard InChI is InChI=1S/C84H50N8O2/c1-3-17-51(18-4-1)52-33-39-56(40-34-52)81-86-82(90-84(89-81)92-72-30-12-8-26-64(72)68-48-70-66-28-10-14-32-76(66)94-78(70)50-74(68)92)58-43-37-54(38-44-58)60-22-16-24-62(46-60)61-23-15-21-59(45-61)53-35-41-57(42-36-53)80-85-79(55-19-5-2-6-20-55)87-83(88-80)91-71-29-11-7-25-63(71)67-47-69-65-27-9-13-31-75(65)93-77(69)49-73(67)91/h1-50H. The first-order chi connectivity index (χ1) is 46.5. The van der Waals surface area contributed by atoms with E-state index < -0.39 is 0 Å². The van der Waals surface area contributed by atoms with E-state index >= 15 is 0 Å². The lowest BCUT2D eigenvalue weighted by Crippen LogP contribution is -2.06. The van der Waals surface area contributed by atoms with Crippen LogP contribution in [0.25, 0.3) is 189 Å². The summed E-state index contributed by atoms with van der Waals surface area (Å²) < 4.78 is 17.2. The van der Waals surface area contributed by atoms with E-state index in [1.807, 2.05) is 60.7 Å². The minimum absolute atomic E-state index is 0.514. The normalized spacial score (nSPS) is 11.8. The van der Waals surface area contributed by atoms with Gasteiger partial charge in [0.15, 0.2) is 23.3 Å². The van der Waals surface area contributed by atoms with Gasteiger partial charge in [0.05, 0.1) is 22.1 Å². The molecule has 0 radical (unpaired) electrons. The summed E-state index contributed by atoms with van der Waals surface area (Å²) in [5, 5.41) is 8.69. The maximum Gasteiger partial charge on any atom is 0.238 e. The molecule has 0 spiro atoms. The fourth-order valence-corrected chi connectivity index (χ4v) is 13.7. The summed E-state index contributed by atoms with van der Waals surface area (Å²) in [5.41, 5.74) is 19.5. The fourth-order valence-electron chi connectivity index (χ4n) is 13.7. The van der Waals surface area contributed by atoms with E-state index in [1.165, 1.54) is 0 Å². The molecule has 6 aromatic heterocycles. The first kappa shape index (κ1) is 53.0. The second kappa shape index (κ2) is 21.4. The van der Waals surface area contributed by atoms with Crippen LogP contribution in [0.4, 0.5) is 0 Å². The molecule has 0 aliphatic heterocycles. The van der Waals surface area contributed by atoms with Crippen LogP contribution in [0.5, 0.6) is 0 Å². The van der Waals surface area contributed by atoms with E-state index in [0.717, 1.165) is 154 Å². The van der Waals surface area contributed by atoms with Crippen LogP contribution < -0.4 is 0 Å². The predicted octanol–water partition coefficient (Wildman–Crippen LogP) is 21.4. The molecule has 0 saturated heterocycles. The summed E-state index contributed by atoms with van der Waals surface area (Å²) in [4.78, 5) is 31.5. The average molecular weight is 1200 g/mol. The zero-order chi connectivity index (χ0) is 61.8. The quantitative estimate of drug-likeness (QED) is 0.133.